The Morgan fingerprint density at radius 2 is 1.79 bits per heavy atom. The molecule has 152 valence electrons. The van der Waals surface area contributed by atoms with Gasteiger partial charge in [0.25, 0.3) is 0 Å². The molecular weight excluding hydrogens is 359 g/mol. The molecule has 0 aromatic heterocycles. The van der Waals surface area contributed by atoms with Crippen LogP contribution in [0.3, 0.4) is 0 Å². The van der Waals surface area contributed by atoms with E-state index in [0.29, 0.717) is 0 Å². The zero-order valence-electron chi connectivity index (χ0n) is 17.0. The Balaban J connectivity index is 2.37. The summed E-state index contributed by atoms with van der Waals surface area (Å²) < 4.78 is 13.4. The van der Waals surface area contributed by atoms with Crippen molar-refractivity contribution in [2.45, 2.75) is 59.5 Å². The molecule has 1 unspecified atom stereocenters. The molecule has 0 aliphatic heterocycles. The van der Waals surface area contributed by atoms with Crippen LogP contribution in [0.25, 0.3) is 5.57 Å². The summed E-state index contributed by atoms with van der Waals surface area (Å²) in [5.41, 5.74) is 2.98. The summed E-state index contributed by atoms with van der Waals surface area (Å²) in [6, 6.07) is 6.42. The Kier molecular flexibility index (Phi) is 6.60. The molecule has 5 heteroatoms. The number of carboxylic acids is 1. The lowest BCUT2D eigenvalue weighted by Crippen LogP contribution is -2.30. The largest absolute Gasteiger partial charge is 0.481 e. The lowest BCUT2D eigenvalue weighted by atomic mass is 9.61. The number of rotatable bonds is 7. The first-order chi connectivity index (χ1) is 12.9. The maximum absolute atomic E-state index is 13.4. The predicted octanol–water partition coefficient (Wildman–Crippen LogP) is 4.78. The summed E-state index contributed by atoms with van der Waals surface area (Å²) >= 11 is 0. The molecule has 4 nitrogen and oxygen atoms in total. The van der Waals surface area contributed by atoms with Gasteiger partial charge in [-0.05, 0) is 52.5 Å². The molecule has 0 heterocycles. The Bertz CT molecular complexity index is 800. The van der Waals surface area contributed by atoms with E-state index in [1.54, 1.807) is 18.2 Å². The first-order valence-electron chi connectivity index (χ1n) is 9.49. The van der Waals surface area contributed by atoms with Crippen molar-refractivity contribution in [1.29, 1.82) is 0 Å². The molecular formula is C23H29FO4. The average Bonchev–Trinajstić information content (AvgIpc) is 2.51. The molecule has 0 saturated heterocycles. The first-order valence-corrected chi connectivity index (χ1v) is 9.49. The van der Waals surface area contributed by atoms with Crippen molar-refractivity contribution in [3.63, 3.8) is 0 Å². The van der Waals surface area contributed by atoms with Crippen LogP contribution in [0.4, 0.5) is 4.39 Å². The van der Waals surface area contributed by atoms with Gasteiger partial charge >= 0.3 is 5.97 Å². The number of hydrogen-bond acceptors (Lipinski definition) is 3. The highest BCUT2D eigenvalue weighted by atomic mass is 19.1. The monoisotopic (exact) mass is 388 g/mol. The number of ketones is 1. The lowest BCUT2D eigenvalue weighted by Gasteiger charge is -2.43. The summed E-state index contributed by atoms with van der Waals surface area (Å²) in [6.45, 7) is 8.69. The molecule has 0 radical (unpaired) electrons. The molecule has 0 fully saturated rings. The third-order valence-electron chi connectivity index (χ3n) is 5.09. The van der Waals surface area contributed by atoms with E-state index in [-0.39, 0.29) is 23.1 Å². The number of aliphatic carboxylic acids is 1. The van der Waals surface area contributed by atoms with Gasteiger partial charge in [0.15, 0.2) is 0 Å². The van der Waals surface area contributed by atoms with Gasteiger partial charge in [-0.15, -0.1) is 0 Å². The van der Waals surface area contributed by atoms with Crippen LogP contribution in [0.5, 0.6) is 0 Å². The van der Waals surface area contributed by atoms with Crippen molar-refractivity contribution < 1.29 is 24.2 Å². The highest BCUT2D eigenvalue weighted by molar-refractivity contribution is 5.95. The van der Waals surface area contributed by atoms with Crippen LogP contribution in [0.1, 0.15) is 58.9 Å². The van der Waals surface area contributed by atoms with Crippen molar-refractivity contribution in [1.82, 2.24) is 0 Å². The Morgan fingerprint density at radius 3 is 2.36 bits per heavy atom. The number of aliphatic hydroxyl groups is 1. The van der Waals surface area contributed by atoms with Crippen LogP contribution in [-0.2, 0) is 9.59 Å². The molecule has 1 atom stereocenters. The molecule has 0 bridgehead atoms. The van der Waals surface area contributed by atoms with Crippen molar-refractivity contribution >= 4 is 17.3 Å². The van der Waals surface area contributed by atoms with Gasteiger partial charge in [-0.1, -0.05) is 52.0 Å². The summed E-state index contributed by atoms with van der Waals surface area (Å²) in [7, 11) is 0. The molecule has 1 aliphatic rings. The standard InChI is InChI=1S/C23H29FO4/c1-22(2)13-19(15-5-7-16(24)8-6-15)20(23(3,4)14-22)10-9-17(25)11-18(26)12-21(27)28/h5-10,17,25H,11-14H2,1-4H3,(H,27,28)/b10-9+. The number of carbonyl (C=O) groups excluding carboxylic acids is 1. The fraction of sp³-hybridized carbons (Fsp3) is 0.478. The topological polar surface area (TPSA) is 74.6 Å². The molecule has 2 rings (SSSR count). The van der Waals surface area contributed by atoms with E-state index >= 15 is 0 Å². The van der Waals surface area contributed by atoms with Gasteiger partial charge in [-0.25, -0.2) is 4.39 Å². The third-order valence-corrected chi connectivity index (χ3v) is 5.09. The van der Waals surface area contributed by atoms with Gasteiger partial charge in [0, 0.05) is 6.42 Å². The summed E-state index contributed by atoms with van der Waals surface area (Å²) in [4.78, 5) is 22.2. The number of carboxylic acid groups (broad SMARTS) is 1. The maximum atomic E-state index is 13.4. The van der Waals surface area contributed by atoms with Crippen LogP contribution in [0.15, 0.2) is 42.0 Å². The fourth-order valence-electron chi connectivity index (χ4n) is 4.32. The number of carbonyl (C=O) groups is 2. The van der Waals surface area contributed by atoms with E-state index in [9.17, 15) is 19.1 Å². The maximum Gasteiger partial charge on any atom is 0.310 e. The molecule has 1 aliphatic carbocycles. The minimum Gasteiger partial charge on any atom is -0.481 e. The van der Waals surface area contributed by atoms with Crippen LogP contribution >= 0.6 is 0 Å². The van der Waals surface area contributed by atoms with Crippen LogP contribution < -0.4 is 0 Å². The van der Waals surface area contributed by atoms with Gasteiger partial charge in [-0.3, -0.25) is 9.59 Å². The normalized spacial score (nSPS) is 19.6. The van der Waals surface area contributed by atoms with Crippen LogP contribution in [-0.4, -0.2) is 28.1 Å². The van der Waals surface area contributed by atoms with Crippen LogP contribution in [0, 0.1) is 16.6 Å². The SMILES string of the molecule is CC1(C)CC(c2ccc(F)cc2)=C(/C=C/C(O)CC(=O)CC(=O)O)C(C)(C)C1. The van der Waals surface area contributed by atoms with Gasteiger partial charge in [0.2, 0.25) is 0 Å². The van der Waals surface area contributed by atoms with Gasteiger partial charge in [0.05, 0.1) is 6.10 Å². The second-order valence-electron chi connectivity index (χ2n) is 9.04. The third kappa shape index (κ3) is 5.86. The minimum absolute atomic E-state index is 0.0701. The molecule has 1 aromatic rings. The Hall–Kier alpha value is -2.27. The molecule has 2 N–H and O–H groups in total. The first kappa shape index (κ1) is 22.0. The van der Waals surface area contributed by atoms with E-state index in [1.165, 1.54) is 12.1 Å². The van der Waals surface area contributed by atoms with Crippen molar-refractivity contribution in [3.8, 4) is 0 Å². The Morgan fingerprint density at radius 1 is 1.18 bits per heavy atom. The smallest absolute Gasteiger partial charge is 0.310 e. The van der Waals surface area contributed by atoms with E-state index in [0.717, 1.165) is 29.6 Å². The zero-order chi connectivity index (χ0) is 21.1. The fourth-order valence-corrected chi connectivity index (χ4v) is 4.32. The molecule has 1 aromatic carbocycles. The van der Waals surface area contributed by atoms with E-state index < -0.39 is 24.3 Å². The van der Waals surface area contributed by atoms with Crippen LogP contribution in [0.2, 0.25) is 0 Å². The molecule has 0 saturated carbocycles. The predicted molar refractivity (Wildman–Crippen MR) is 107 cm³/mol. The highest BCUT2D eigenvalue weighted by Gasteiger charge is 2.38. The highest BCUT2D eigenvalue weighted by Crippen LogP contribution is 2.52. The summed E-state index contributed by atoms with van der Waals surface area (Å²) in [6.07, 6.45) is 3.29. The van der Waals surface area contributed by atoms with E-state index in [1.807, 2.05) is 6.08 Å². The quantitative estimate of drug-likeness (QED) is 0.660. The van der Waals surface area contributed by atoms with Gasteiger partial charge in [0.1, 0.15) is 18.0 Å². The summed E-state index contributed by atoms with van der Waals surface area (Å²) in [5.74, 6) is -2.00. The Labute approximate surface area is 165 Å². The van der Waals surface area contributed by atoms with Crippen molar-refractivity contribution in [3.05, 3.63) is 53.4 Å². The average molecular weight is 388 g/mol. The second-order valence-corrected chi connectivity index (χ2v) is 9.04. The summed E-state index contributed by atoms with van der Waals surface area (Å²) in [5, 5.41) is 18.8. The molecule has 0 spiro atoms. The molecule has 0 amide bonds. The number of aliphatic hydroxyl groups excluding tert-OH is 1. The number of Topliss-reactive ketones (excluding diaryl/α,β-unsaturated/α-hetero) is 1. The number of hydrogen-bond donors (Lipinski definition) is 2. The lowest BCUT2D eigenvalue weighted by molar-refractivity contribution is -0.140. The minimum atomic E-state index is -1.20. The van der Waals surface area contributed by atoms with E-state index in [4.69, 9.17) is 5.11 Å². The van der Waals surface area contributed by atoms with Crippen molar-refractivity contribution in [2.75, 3.05) is 0 Å². The van der Waals surface area contributed by atoms with Crippen molar-refractivity contribution in [2.24, 2.45) is 10.8 Å². The second kappa shape index (κ2) is 8.39. The number of allylic oxidation sites excluding steroid dienone is 3. The number of benzene rings is 1. The zero-order valence-corrected chi connectivity index (χ0v) is 17.0. The van der Waals surface area contributed by atoms with E-state index in [2.05, 4.69) is 27.7 Å². The van der Waals surface area contributed by atoms with Gasteiger partial charge in [-0.2, -0.15) is 0 Å². The van der Waals surface area contributed by atoms with Gasteiger partial charge < -0.3 is 10.2 Å². The number of halogens is 1. The molecule has 28 heavy (non-hydrogen) atoms.